The van der Waals surface area contributed by atoms with Gasteiger partial charge in [-0.2, -0.15) is 0 Å². The summed E-state index contributed by atoms with van der Waals surface area (Å²) in [6.45, 7) is 7.74. The summed E-state index contributed by atoms with van der Waals surface area (Å²) in [7, 11) is 1.70. The number of para-hydroxylation sites is 1. The monoisotopic (exact) mass is 540 g/mol. The number of anilines is 1. The highest BCUT2D eigenvalue weighted by Crippen LogP contribution is 2.32. The molecule has 0 radical (unpaired) electrons. The molecule has 39 heavy (non-hydrogen) atoms. The molecule has 3 fully saturated rings. The van der Waals surface area contributed by atoms with Crippen molar-refractivity contribution in [2.75, 3.05) is 37.6 Å². The van der Waals surface area contributed by atoms with Crippen LogP contribution in [0.2, 0.25) is 0 Å². The summed E-state index contributed by atoms with van der Waals surface area (Å²) in [5, 5.41) is 2.35. The molecular weight excluding hydrogens is 504 g/mol. The molecule has 0 aliphatic carbocycles. The minimum Gasteiger partial charge on any atom is -0.444 e. The Kier molecular flexibility index (Phi) is 6.90. The number of carbonyl (C=O) groups excluding carboxylic acids is 4. The lowest BCUT2D eigenvalue weighted by Gasteiger charge is -2.43. The average Bonchev–Trinajstić information content (AvgIpc) is 3.13. The van der Waals surface area contributed by atoms with Crippen LogP contribution in [0.1, 0.15) is 52.5 Å². The summed E-state index contributed by atoms with van der Waals surface area (Å²) in [5.74, 6) is -0.849. The van der Waals surface area contributed by atoms with Gasteiger partial charge in [-0.1, -0.05) is 6.07 Å². The number of nitrogens with one attached hydrogen (secondary N) is 1. The van der Waals surface area contributed by atoms with E-state index in [9.17, 15) is 24.0 Å². The van der Waals surface area contributed by atoms with E-state index in [1.54, 1.807) is 32.4 Å². The Bertz CT molecular complexity index is 1380. The van der Waals surface area contributed by atoms with Gasteiger partial charge in [0.1, 0.15) is 18.2 Å². The number of piperazine rings is 1. The van der Waals surface area contributed by atoms with E-state index in [0.29, 0.717) is 31.7 Å². The van der Waals surface area contributed by atoms with Crippen molar-refractivity contribution in [3.63, 3.8) is 0 Å². The van der Waals surface area contributed by atoms with Gasteiger partial charge in [0.25, 0.3) is 0 Å². The third kappa shape index (κ3) is 5.11. The van der Waals surface area contributed by atoms with Gasteiger partial charge in [0, 0.05) is 45.7 Å². The number of rotatable bonds is 3. The second-order valence-corrected chi connectivity index (χ2v) is 11.5. The molecule has 5 rings (SSSR count). The second kappa shape index (κ2) is 10.0. The number of aromatic nitrogens is 2. The number of nitrogens with zero attached hydrogens (tertiary/aromatic N) is 5. The molecule has 0 saturated carbocycles. The van der Waals surface area contributed by atoms with Gasteiger partial charge < -0.3 is 14.5 Å². The molecule has 12 heteroatoms. The number of benzene rings is 1. The number of fused-ring (bicyclic) bond motifs is 1. The Labute approximate surface area is 226 Å². The Balaban J connectivity index is 1.29. The standard InChI is InChI=1S/C27H36N6O6/c1-27(2,3)39-26(38)31-14-15-32(22(35)16-31)17-10-12-30(13-11-17)18-6-5-7-19-23(18)29(4)25(37)33(19)20-8-9-21(34)28-24(20)36/h5-7,17,20H,8-16H2,1-4H3,(H,28,34,36). The normalized spacial score (nSPS) is 21.5. The first-order chi connectivity index (χ1) is 18.4. The van der Waals surface area contributed by atoms with Crippen LogP contribution >= 0.6 is 0 Å². The topological polar surface area (TPSA) is 126 Å². The summed E-state index contributed by atoms with van der Waals surface area (Å²) in [6, 6.07) is 5.03. The second-order valence-electron chi connectivity index (χ2n) is 11.5. The van der Waals surface area contributed by atoms with E-state index in [1.165, 1.54) is 9.47 Å². The fourth-order valence-electron chi connectivity index (χ4n) is 5.88. The molecule has 4 heterocycles. The average molecular weight is 541 g/mol. The molecule has 1 N–H and O–H groups in total. The number of piperidine rings is 2. The molecule has 3 saturated heterocycles. The third-order valence-electron chi connectivity index (χ3n) is 7.76. The Morgan fingerprint density at radius 3 is 2.36 bits per heavy atom. The maximum atomic E-state index is 13.3. The lowest BCUT2D eigenvalue weighted by molar-refractivity contribution is -0.139. The van der Waals surface area contributed by atoms with Crippen LogP contribution in [0.25, 0.3) is 11.0 Å². The van der Waals surface area contributed by atoms with Gasteiger partial charge in [-0.25, -0.2) is 9.59 Å². The molecule has 1 unspecified atom stereocenters. The molecule has 4 amide bonds. The molecule has 2 aromatic rings. The summed E-state index contributed by atoms with van der Waals surface area (Å²) in [4.78, 5) is 68.4. The predicted octanol–water partition coefficient (Wildman–Crippen LogP) is 1.37. The van der Waals surface area contributed by atoms with Crippen molar-refractivity contribution in [3.05, 3.63) is 28.7 Å². The van der Waals surface area contributed by atoms with E-state index in [2.05, 4.69) is 10.2 Å². The van der Waals surface area contributed by atoms with Gasteiger partial charge in [-0.05, 0) is 52.2 Å². The van der Waals surface area contributed by atoms with Crippen LogP contribution in [-0.4, -0.2) is 87.1 Å². The lowest BCUT2D eigenvalue weighted by Crippen LogP contribution is -2.57. The maximum absolute atomic E-state index is 13.3. The number of carbonyl (C=O) groups is 4. The van der Waals surface area contributed by atoms with Crippen molar-refractivity contribution >= 4 is 40.5 Å². The first-order valence-corrected chi connectivity index (χ1v) is 13.5. The Morgan fingerprint density at radius 1 is 1.00 bits per heavy atom. The highest BCUT2D eigenvalue weighted by molar-refractivity contribution is 6.00. The molecular formula is C27H36N6O6. The molecule has 0 bridgehead atoms. The van der Waals surface area contributed by atoms with Crippen LogP contribution in [0.5, 0.6) is 0 Å². The quantitative estimate of drug-likeness (QED) is 0.583. The van der Waals surface area contributed by atoms with Crippen LogP contribution in [0.4, 0.5) is 10.5 Å². The number of hydrogen-bond acceptors (Lipinski definition) is 7. The highest BCUT2D eigenvalue weighted by Gasteiger charge is 2.36. The van der Waals surface area contributed by atoms with Crippen LogP contribution in [-0.2, 0) is 26.2 Å². The fourth-order valence-corrected chi connectivity index (χ4v) is 5.88. The predicted molar refractivity (Wildman–Crippen MR) is 143 cm³/mol. The van der Waals surface area contributed by atoms with Crippen LogP contribution in [0, 0.1) is 0 Å². The van der Waals surface area contributed by atoms with Gasteiger partial charge in [0.2, 0.25) is 17.7 Å². The third-order valence-corrected chi connectivity index (χ3v) is 7.76. The van der Waals surface area contributed by atoms with E-state index in [0.717, 1.165) is 24.0 Å². The van der Waals surface area contributed by atoms with Crippen molar-refractivity contribution in [3.8, 4) is 0 Å². The fraction of sp³-hybridized carbons (Fsp3) is 0.593. The molecule has 3 aliphatic heterocycles. The van der Waals surface area contributed by atoms with Gasteiger partial charge in [-0.15, -0.1) is 0 Å². The summed E-state index contributed by atoms with van der Waals surface area (Å²) in [5.41, 5.74) is 1.39. The molecule has 1 aromatic carbocycles. The van der Waals surface area contributed by atoms with Crippen molar-refractivity contribution in [2.45, 2.75) is 64.1 Å². The molecule has 1 atom stereocenters. The smallest absolute Gasteiger partial charge is 0.410 e. The summed E-state index contributed by atoms with van der Waals surface area (Å²) in [6.07, 6.45) is 1.53. The van der Waals surface area contributed by atoms with Gasteiger partial charge in [-0.3, -0.25) is 33.7 Å². The number of imidazole rings is 1. The Hall–Kier alpha value is -3.83. The van der Waals surface area contributed by atoms with E-state index >= 15 is 0 Å². The Morgan fingerprint density at radius 2 is 1.72 bits per heavy atom. The molecule has 3 aliphatic rings. The van der Waals surface area contributed by atoms with Crippen molar-refractivity contribution in [1.82, 2.24) is 24.3 Å². The first-order valence-electron chi connectivity index (χ1n) is 13.5. The van der Waals surface area contributed by atoms with E-state index in [-0.39, 0.29) is 42.9 Å². The maximum Gasteiger partial charge on any atom is 0.410 e. The van der Waals surface area contributed by atoms with Crippen molar-refractivity contribution in [2.24, 2.45) is 7.05 Å². The lowest BCUT2D eigenvalue weighted by atomic mass is 10.0. The minimum absolute atomic E-state index is 0.0183. The summed E-state index contributed by atoms with van der Waals surface area (Å²) >= 11 is 0. The van der Waals surface area contributed by atoms with E-state index in [4.69, 9.17) is 4.74 Å². The number of amides is 4. The van der Waals surface area contributed by atoms with Crippen LogP contribution in [0.15, 0.2) is 23.0 Å². The number of hydrogen-bond donors (Lipinski definition) is 1. The van der Waals surface area contributed by atoms with Gasteiger partial charge in [0.05, 0.1) is 16.7 Å². The van der Waals surface area contributed by atoms with Crippen LogP contribution < -0.4 is 15.9 Å². The van der Waals surface area contributed by atoms with Crippen LogP contribution in [0.3, 0.4) is 0 Å². The zero-order chi connectivity index (χ0) is 28.1. The van der Waals surface area contributed by atoms with Crippen molar-refractivity contribution < 1.29 is 23.9 Å². The van der Waals surface area contributed by atoms with E-state index < -0.39 is 23.6 Å². The largest absolute Gasteiger partial charge is 0.444 e. The van der Waals surface area contributed by atoms with Gasteiger partial charge >= 0.3 is 11.8 Å². The molecule has 12 nitrogen and oxygen atoms in total. The zero-order valence-corrected chi connectivity index (χ0v) is 22.9. The van der Waals surface area contributed by atoms with E-state index in [1.807, 2.05) is 23.1 Å². The zero-order valence-electron chi connectivity index (χ0n) is 22.9. The molecule has 1 aromatic heterocycles. The molecule has 0 spiro atoms. The highest BCUT2D eigenvalue weighted by atomic mass is 16.6. The summed E-state index contributed by atoms with van der Waals surface area (Å²) < 4.78 is 8.49. The number of aryl methyl sites for hydroxylation is 1. The molecule has 210 valence electrons. The number of ether oxygens (including phenoxy) is 1. The van der Waals surface area contributed by atoms with Gasteiger partial charge in [0.15, 0.2) is 0 Å². The SMILES string of the molecule is Cn1c(=O)n(C2CCC(=O)NC2=O)c2cccc(N3CCC(N4CCN(C(=O)OC(C)(C)C)CC4=O)CC3)c21. The first kappa shape index (κ1) is 26.8. The van der Waals surface area contributed by atoms with Crippen molar-refractivity contribution in [1.29, 1.82) is 0 Å². The minimum atomic E-state index is -0.731. The number of imide groups is 1.